The molecule has 0 aromatic heterocycles. The standard InChI is InChI=1S/C4H10O.HI/c1-3-4-5-2;/h3-4H2,1-2H3;1H. The summed E-state index contributed by atoms with van der Waals surface area (Å²) in [7, 11) is 1.71. The Morgan fingerprint density at radius 1 is 1.50 bits per heavy atom. The molecule has 0 amide bonds. The minimum absolute atomic E-state index is 0. The van der Waals surface area contributed by atoms with Gasteiger partial charge in [-0.05, 0) is 6.42 Å². The first-order valence-corrected chi connectivity index (χ1v) is 1.90. The van der Waals surface area contributed by atoms with Gasteiger partial charge in [0.15, 0.2) is 0 Å². The predicted molar refractivity (Wildman–Crippen MR) is 37.6 cm³/mol. The van der Waals surface area contributed by atoms with Crippen LogP contribution >= 0.6 is 24.0 Å². The maximum absolute atomic E-state index is 4.69. The van der Waals surface area contributed by atoms with Gasteiger partial charge in [-0.1, -0.05) is 6.92 Å². The molecule has 6 heavy (non-hydrogen) atoms. The van der Waals surface area contributed by atoms with Gasteiger partial charge < -0.3 is 4.74 Å². The average Bonchev–Trinajstić information content (AvgIpc) is 1.41. The van der Waals surface area contributed by atoms with Gasteiger partial charge >= 0.3 is 0 Å². The van der Waals surface area contributed by atoms with Crippen molar-refractivity contribution in [2.75, 3.05) is 13.7 Å². The monoisotopic (exact) mass is 202 g/mol. The topological polar surface area (TPSA) is 9.23 Å². The number of hydrogen-bond acceptors (Lipinski definition) is 1. The lowest BCUT2D eigenvalue weighted by Crippen LogP contribution is -1.80. The Morgan fingerprint density at radius 2 is 2.00 bits per heavy atom. The maximum Gasteiger partial charge on any atom is 0.0459 e. The molecule has 40 valence electrons. The van der Waals surface area contributed by atoms with Crippen molar-refractivity contribution in [2.24, 2.45) is 0 Å². The Bertz CT molecular complexity index is 15.0. The van der Waals surface area contributed by atoms with E-state index in [1.807, 2.05) is 0 Å². The third-order valence-electron chi connectivity index (χ3n) is 0.408. The van der Waals surface area contributed by atoms with Crippen molar-refractivity contribution in [1.82, 2.24) is 0 Å². The fourth-order valence-corrected chi connectivity index (χ4v) is 0.204. The molecule has 0 saturated heterocycles. The summed E-state index contributed by atoms with van der Waals surface area (Å²) in [4.78, 5) is 0. The van der Waals surface area contributed by atoms with Crippen molar-refractivity contribution in [3.8, 4) is 0 Å². The van der Waals surface area contributed by atoms with Crippen molar-refractivity contribution in [3.05, 3.63) is 0 Å². The van der Waals surface area contributed by atoms with E-state index in [9.17, 15) is 0 Å². The number of ether oxygens (including phenoxy) is 1. The van der Waals surface area contributed by atoms with Gasteiger partial charge in [0.05, 0.1) is 0 Å². The van der Waals surface area contributed by atoms with Crippen LogP contribution in [0.3, 0.4) is 0 Å². The summed E-state index contributed by atoms with van der Waals surface area (Å²) in [6, 6.07) is 0. The average molecular weight is 202 g/mol. The first kappa shape index (κ1) is 9.85. The van der Waals surface area contributed by atoms with Crippen molar-refractivity contribution in [3.63, 3.8) is 0 Å². The van der Waals surface area contributed by atoms with Crippen LogP contribution < -0.4 is 0 Å². The van der Waals surface area contributed by atoms with Crippen molar-refractivity contribution < 1.29 is 4.74 Å². The molecule has 0 aliphatic carbocycles. The van der Waals surface area contributed by atoms with Crippen LogP contribution in [0.2, 0.25) is 0 Å². The normalized spacial score (nSPS) is 7.00. The fraction of sp³-hybridized carbons (Fsp3) is 1.00. The summed E-state index contributed by atoms with van der Waals surface area (Å²) in [5.41, 5.74) is 0. The second-order valence-electron chi connectivity index (χ2n) is 0.993. The molecule has 0 N–H and O–H groups in total. The van der Waals surface area contributed by atoms with Crippen LogP contribution in [-0.4, -0.2) is 13.7 Å². The van der Waals surface area contributed by atoms with Gasteiger partial charge in [-0.25, -0.2) is 0 Å². The van der Waals surface area contributed by atoms with E-state index in [2.05, 4.69) is 6.92 Å². The molecule has 0 radical (unpaired) electrons. The fourth-order valence-electron chi connectivity index (χ4n) is 0.204. The van der Waals surface area contributed by atoms with Crippen LogP contribution in [0.1, 0.15) is 13.3 Å². The molecule has 0 spiro atoms. The summed E-state index contributed by atoms with van der Waals surface area (Å²) in [6.45, 7) is 2.98. The van der Waals surface area contributed by atoms with Crippen LogP contribution in [0.5, 0.6) is 0 Å². The summed E-state index contributed by atoms with van der Waals surface area (Å²) in [5, 5.41) is 0. The molecule has 2 heteroatoms. The van der Waals surface area contributed by atoms with Gasteiger partial charge in [-0.3, -0.25) is 0 Å². The SMILES string of the molecule is CCCOC.I. The zero-order valence-corrected chi connectivity index (χ0v) is 6.56. The molecule has 0 aliphatic rings. The van der Waals surface area contributed by atoms with Gasteiger partial charge in [0.1, 0.15) is 0 Å². The summed E-state index contributed by atoms with van der Waals surface area (Å²) >= 11 is 0. The second-order valence-corrected chi connectivity index (χ2v) is 0.993. The zero-order valence-electron chi connectivity index (χ0n) is 4.23. The van der Waals surface area contributed by atoms with E-state index in [4.69, 9.17) is 4.74 Å². The first-order valence-electron chi connectivity index (χ1n) is 1.90. The van der Waals surface area contributed by atoms with E-state index in [1.165, 1.54) is 0 Å². The van der Waals surface area contributed by atoms with Crippen LogP contribution in [0, 0.1) is 0 Å². The zero-order chi connectivity index (χ0) is 4.12. The van der Waals surface area contributed by atoms with Gasteiger partial charge in [0, 0.05) is 13.7 Å². The third-order valence-corrected chi connectivity index (χ3v) is 0.408. The van der Waals surface area contributed by atoms with Crippen LogP contribution in [0.4, 0.5) is 0 Å². The molecule has 0 atom stereocenters. The molecule has 0 bridgehead atoms. The largest absolute Gasteiger partial charge is 0.385 e. The van der Waals surface area contributed by atoms with Gasteiger partial charge in [0.2, 0.25) is 0 Å². The molecule has 0 aromatic rings. The Kier molecular flexibility index (Phi) is 15.1. The maximum atomic E-state index is 4.69. The Labute approximate surface area is 56.1 Å². The minimum Gasteiger partial charge on any atom is -0.385 e. The third kappa shape index (κ3) is 8.83. The highest BCUT2D eigenvalue weighted by atomic mass is 127. The number of hydrogen-bond donors (Lipinski definition) is 0. The van der Waals surface area contributed by atoms with Gasteiger partial charge in [-0.15, -0.1) is 24.0 Å². The minimum atomic E-state index is 0. The molecular formula is C4H11IO. The van der Waals surface area contributed by atoms with Crippen molar-refractivity contribution in [1.29, 1.82) is 0 Å². The van der Waals surface area contributed by atoms with Gasteiger partial charge in [0.25, 0.3) is 0 Å². The predicted octanol–water partition coefficient (Wildman–Crippen LogP) is 1.66. The van der Waals surface area contributed by atoms with E-state index in [-0.39, 0.29) is 24.0 Å². The lowest BCUT2D eigenvalue weighted by atomic mass is 10.5. The first-order chi connectivity index (χ1) is 2.41. The smallest absolute Gasteiger partial charge is 0.0459 e. The quantitative estimate of drug-likeness (QED) is 0.618. The molecule has 0 aliphatic heterocycles. The summed E-state index contributed by atoms with van der Waals surface area (Å²) < 4.78 is 4.69. The Balaban J connectivity index is 0. The highest BCUT2D eigenvalue weighted by Crippen LogP contribution is 1.70. The van der Waals surface area contributed by atoms with E-state index >= 15 is 0 Å². The van der Waals surface area contributed by atoms with Crippen LogP contribution in [-0.2, 0) is 4.74 Å². The van der Waals surface area contributed by atoms with Crippen LogP contribution in [0.25, 0.3) is 0 Å². The molecule has 0 rings (SSSR count). The lowest BCUT2D eigenvalue weighted by Gasteiger charge is -1.84. The van der Waals surface area contributed by atoms with E-state index in [0.717, 1.165) is 13.0 Å². The molecule has 0 heterocycles. The number of rotatable bonds is 2. The Morgan fingerprint density at radius 3 is 2.00 bits per heavy atom. The Hall–Kier alpha value is 0.690. The molecule has 0 aromatic carbocycles. The van der Waals surface area contributed by atoms with E-state index in [0.29, 0.717) is 0 Å². The highest BCUT2D eigenvalue weighted by molar-refractivity contribution is 14.0. The molecule has 0 saturated carbocycles. The van der Waals surface area contributed by atoms with Crippen molar-refractivity contribution >= 4 is 24.0 Å². The van der Waals surface area contributed by atoms with E-state index in [1.54, 1.807) is 7.11 Å². The second kappa shape index (κ2) is 9.19. The highest BCUT2D eigenvalue weighted by Gasteiger charge is 1.66. The summed E-state index contributed by atoms with van der Waals surface area (Å²) in [6.07, 6.45) is 1.12. The van der Waals surface area contributed by atoms with Crippen LogP contribution in [0.15, 0.2) is 0 Å². The number of halogens is 1. The molecule has 0 fully saturated rings. The molecule has 1 nitrogen and oxygen atoms in total. The summed E-state index contributed by atoms with van der Waals surface area (Å²) in [5.74, 6) is 0. The molecular weight excluding hydrogens is 191 g/mol. The van der Waals surface area contributed by atoms with E-state index < -0.39 is 0 Å². The number of methoxy groups -OCH3 is 1. The lowest BCUT2D eigenvalue weighted by molar-refractivity contribution is 0.199. The molecule has 0 unspecified atom stereocenters. The van der Waals surface area contributed by atoms with Gasteiger partial charge in [-0.2, -0.15) is 0 Å². The van der Waals surface area contributed by atoms with Crippen molar-refractivity contribution in [2.45, 2.75) is 13.3 Å².